The maximum atomic E-state index is 10.8. The van der Waals surface area contributed by atoms with Gasteiger partial charge in [-0.25, -0.2) is 9.48 Å². The molecule has 0 aliphatic heterocycles. The molecule has 0 atom stereocenters. The summed E-state index contributed by atoms with van der Waals surface area (Å²) >= 11 is 0. The maximum Gasteiger partial charge on any atom is 0.335 e. The van der Waals surface area contributed by atoms with Crippen molar-refractivity contribution in [2.75, 3.05) is 0 Å². The van der Waals surface area contributed by atoms with E-state index in [1.807, 2.05) is 6.07 Å². The number of nitriles is 1. The Morgan fingerprint density at radius 1 is 1.40 bits per heavy atom. The molecule has 2 aromatic rings. The van der Waals surface area contributed by atoms with Crippen molar-refractivity contribution in [3.63, 3.8) is 0 Å². The molecule has 0 unspecified atom stereocenters. The van der Waals surface area contributed by atoms with Crippen LogP contribution in [-0.4, -0.2) is 26.1 Å². The highest BCUT2D eigenvalue weighted by atomic mass is 16.4. The standard InChI is InChI=1S/C14H14N4O2/c1-2-3-4-13-12(9-15)16-17-18(13)11-7-5-10(6-8-11)14(19)20/h5-8H,2-4H2,1H3,(H,19,20). The molecule has 0 aliphatic rings. The predicted octanol–water partition coefficient (Wildman–Crippen LogP) is 2.18. The van der Waals surface area contributed by atoms with Crippen molar-refractivity contribution in [1.29, 1.82) is 5.26 Å². The van der Waals surface area contributed by atoms with Crippen molar-refractivity contribution >= 4 is 5.97 Å². The van der Waals surface area contributed by atoms with Crippen molar-refractivity contribution in [2.45, 2.75) is 26.2 Å². The minimum absolute atomic E-state index is 0.212. The zero-order valence-electron chi connectivity index (χ0n) is 11.1. The van der Waals surface area contributed by atoms with E-state index < -0.39 is 5.97 Å². The molecule has 0 saturated heterocycles. The lowest BCUT2D eigenvalue weighted by atomic mass is 10.1. The predicted molar refractivity (Wildman–Crippen MR) is 71.6 cm³/mol. The minimum atomic E-state index is -0.973. The summed E-state index contributed by atoms with van der Waals surface area (Å²) in [6.45, 7) is 2.07. The summed E-state index contributed by atoms with van der Waals surface area (Å²) in [6.07, 6.45) is 2.66. The van der Waals surface area contributed by atoms with E-state index in [2.05, 4.69) is 17.2 Å². The van der Waals surface area contributed by atoms with Gasteiger partial charge in [-0.3, -0.25) is 0 Å². The number of carboxylic acid groups (broad SMARTS) is 1. The normalized spacial score (nSPS) is 10.2. The molecule has 0 fully saturated rings. The molecule has 6 nitrogen and oxygen atoms in total. The largest absolute Gasteiger partial charge is 0.478 e. The van der Waals surface area contributed by atoms with E-state index in [1.165, 1.54) is 12.1 Å². The second-order valence-corrected chi connectivity index (χ2v) is 4.36. The highest BCUT2D eigenvalue weighted by Crippen LogP contribution is 2.16. The summed E-state index contributed by atoms with van der Waals surface area (Å²) in [5.41, 5.74) is 2.00. The maximum absolute atomic E-state index is 10.8. The summed E-state index contributed by atoms with van der Waals surface area (Å²) in [5.74, 6) is -0.973. The van der Waals surface area contributed by atoms with Gasteiger partial charge >= 0.3 is 5.97 Å². The average molecular weight is 270 g/mol. The van der Waals surface area contributed by atoms with Gasteiger partial charge in [0.2, 0.25) is 0 Å². The zero-order valence-corrected chi connectivity index (χ0v) is 11.1. The first-order valence-electron chi connectivity index (χ1n) is 6.35. The average Bonchev–Trinajstić information content (AvgIpc) is 2.88. The lowest BCUT2D eigenvalue weighted by Gasteiger charge is -2.06. The van der Waals surface area contributed by atoms with Gasteiger partial charge < -0.3 is 5.11 Å². The Morgan fingerprint density at radius 3 is 2.65 bits per heavy atom. The van der Waals surface area contributed by atoms with E-state index >= 15 is 0 Å². The number of carboxylic acids is 1. The van der Waals surface area contributed by atoms with Gasteiger partial charge in [-0.05, 0) is 37.1 Å². The van der Waals surface area contributed by atoms with Crippen molar-refractivity contribution in [3.05, 3.63) is 41.2 Å². The number of hydrogen-bond donors (Lipinski definition) is 1. The van der Waals surface area contributed by atoms with Crippen LogP contribution in [0.3, 0.4) is 0 Å². The van der Waals surface area contributed by atoms with Gasteiger partial charge in [0.05, 0.1) is 16.9 Å². The molecule has 1 aromatic heterocycles. The third-order valence-electron chi connectivity index (χ3n) is 3.00. The van der Waals surface area contributed by atoms with Crippen LogP contribution in [0.15, 0.2) is 24.3 Å². The van der Waals surface area contributed by atoms with Crippen LogP contribution in [0.4, 0.5) is 0 Å². The van der Waals surface area contributed by atoms with E-state index in [-0.39, 0.29) is 5.56 Å². The first-order chi connectivity index (χ1) is 9.67. The van der Waals surface area contributed by atoms with Crippen LogP contribution in [0.1, 0.15) is 41.5 Å². The molecule has 2 rings (SSSR count). The summed E-state index contributed by atoms with van der Waals surface area (Å²) < 4.78 is 1.60. The highest BCUT2D eigenvalue weighted by Gasteiger charge is 2.13. The van der Waals surface area contributed by atoms with Gasteiger partial charge in [-0.1, -0.05) is 18.6 Å². The molecular weight excluding hydrogens is 256 g/mol. The number of unbranched alkanes of at least 4 members (excludes halogenated alkanes) is 1. The molecule has 0 bridgehead atoms. The summed E-state index contributed by atoms with van der Waals surface area (Å²) in [7, 11) is 0. The van der Waals surface area contributed by atoms with Crippen molar-refractivity contribution in [3.8, 4) is 11.8 Å². The first-order valence-corrected chi connectivity index (χ1v) is 6.35. The fourth-order valence-corrected chi connectivity index (χ4v) is 1.91. The van der Waals surface area contributed by atoms with Crippen LogP contribution in [0.5, 0.6) is 0 Å². The first kappa shape index (κ1) is 13.7. The van der Waals surface area contributed by atoms with Gasteiger partial charge in [-0.15, -0.1) is 5.10 Å². The molecule has 0 aliphatic carbocycles. The number of hydrogen-bond acceptors (Lipinski definition) is 4. The van der Waals surface area contributed by atoms with Crippen LogP contribution in [0.2, 0.25) is 0 Å². The Kier molecular flexibility index (Phi) is 4.11. The molecule has 6 heteroatoms. The van der Waals surface area contributed by atoms with Crippen molar-refractivity contribution in [1.82, 2.24) is 15.0 Å². The van der Waals surface area contributed by atoms with Crippen LogP contribution < -0.4 is 0 Å². The number of benzene rings is 1. The van der Waals surface area contributed by atoms with Crippen LogP contribution in [0, 0.1) is 11.3 Å². The summed E-state index contributed by atoms with van der Waals surface area (Å²) in [5, 5.41) is 25.8. The molecule has 1 heterocycles. The molecule has 1 N–H and O–H groups in total. The lowest BCUT2D eigenvalue weighted by molar-refractivity contribution is 0.0697. The topological polar surface area (TPSA) is 91.8 Å². The lowest BCUT2D eigenvalue weighted by Crippen LogP contribution is -2.04. The Bertz CT molecular complexity index is 653. The van der Waals surface area contributed by atoms with Crippen molar-refractivity contribution in [2.24, 2.45) is 0 Å². The third kappa shape index (κ3) is 2.67. The monoisotopic (exact) mass is 270 g/mol. The van der Waals surface area contributed by atoms with Gasteiger partial charge in [0.1, 0.15) is 6.07 Å². The minimum Gasteiger partial charge on any atom is -0.478 e. The Labute approximate surface area is 116 Å². The fraction of sp³-hybridized carbons (Fsp3) is 0.286. The number of aromatic carboxylic acids is 1. The van der Waals surface area contributed by atoms with Crippen LogP contribution in [0.25, 0.3) is 5.69 Å². The van der Waals surface area contributed by atoms with E-state index in [0.717, 1.165) is 18.5 Å². The third-order valence-corrected chi connectivity index (χ3v) is 3.00. The van der Waals surface area contributed by atoms with E-state index in [0.29, 0.717) is 17.8 Å². The second-order valence-electron chi connectivity index (χ2n) is 4.36. The zero-order chi connectivity index (χ0) is 14.5. The molecule has 102 valence electrons. The SMILES string of the molecule is CCCCc1c(C#N)nnn1-c1ccc(C(=O)O)cc1. The van der Waals surface area contributed by atoms with Gasteiger partial charge in [0.15, 0.2) is 5.69 Å². The highest BCUT2D eigenvalue weighted by molar-refractivity contribution is 5.87. The van der Waals surface area contributed by atoms with Gasteiger partial charge in [-0.2, -0.15) is 5.26 Å². The Hall–Kier alpha value is -2.68. The smallest absolute Gasteiger partial charge is 0.335 e. The Morgan fingerprint density at radius 2 is 2.10 bits per heavy atom. The molecule has 1 aromatic carbocycles. The van der Waals surface area contributed by atoms with Gasteiger partial charge in [0.25, 0.3) is 0 Å². The second kappa shape index (κ2) is 5.97. The summed E-state index contributed by atoms with van der Waals surface area (Å²) in [4.78, 5) is 10.8. The number of nitrogens with zero attached hydrogens (tertiary/aromatic N) is 4. The van der Waals surface area contributed by atoms with E-state index in [4.69, 9.17) is 10.4 Å². The molecular formula is C14H14N4O2. The van der Waals surface area contributed by atoms with Gasteiger partial charge in [0, 0.05) is 0 Å². The summed E-state index contributed by atoms with van der Waals surface area (Å²) in [6, 6.07) is 8.38. The van der Waals surface area contributed by atoms with Crippen LogP contribution in [-0.2, 0) is 6.42 Å². The molecule has 0 saturated carbocycles. The van der Waals surface area contributed by atoms with E-state index in [9.17, 15) is 4.79 Å². The van der Waals surface area contributed by atoms with E-state index in [1.54, 1.807) is 16.8 Å². The van der Waals surface area contributed by atoms with Crippen molar-refractivity contribution < 1.29 is 9.90 Å². The molecule has 0 amide bonds. The number of rotatable bonds is 5. The number of carbonyl (C=O) groups is 1. The quantitative estimate of drug-likeness (QED) is 0.899. The van der Waals surface area contributed by atoms with Crippen LogP contribution >= 0.6 is 0 Å². The number of aromatic nitrogens is 3. The Balaban J connectivity index is 2.39. The molecule has 0 radical (unpaired) electrons. The molecule has 0 spiro atoms. The molecule has 20 heavy (non-hydrogen) atoms. The fourth-order valence-electron chi connectivity index (χ4n) is 1.91.